The van der Waals surface area contributed by atoms with Gasteiger partial charge in [0.1, 0.15) is 10.6 Å². The maximum Gasteiger partial charge on any atom is 0.354 e. The number of carbonyl (C=O) groups excluding carboxylic acids is 1. The Hall–Kier alpha value is -1.83. The van der Waals surface area contributed by atoms with E-state index in [2.05, 4.69) is 9.46 Å². The average Bonchev–Trinajstić information content (AvgIpc) is 2.83. The van der Waals surface area contributed by atoms with E-state index in [0.29, 0.717) is 10.7 Å². The van der Waals surface area contributed by atoms with Crippen molar-refractivity contribution in [2.45, 2.75) is 18.4 Å². The van der Waals surface area contributed by atoms with E-state index >= 15 is 0 Å². The van der Waals surface area contributed by atoms with E-state index in [0.717, 1.165) is 5.56 Å². The van der Waals surface area contributed by atoms with Gasteiger partial charge < -0.3 is 9.30 Å². The van der Waals surface area contributed by atoms with Crippen molar-refractivity contribution in [2.75, 3.05) is 7.11 Å². The largest absolute Gasteiger partial charge is 0.464 e. The number of hydrogen-bond acceptors (Lipinski definition) is 4. The quantitative estimate of drug-likeness (QED) is 0.833. The number of ether oxygens (including phenoxy) is 1. The van der Waals surface area contributed by atoms with Crippen LogP contribution in [0.15, 0.2) is 35.2 Å². The van der Waals surface area contributed by atoms with Gasteiger partial charge >= 0.3 is 5.97 Å². The molecule has 0 saturated carbocycles. The summed E-state index contributed by atoms with van der Waals surface area (Å²) in [5.74, 6) is -0.588. The number of benzene rings is 1. The Bertz CT molecular complexity index is 826. The van der Waals surface area contributed by atoms with Crippen molar-refractivity contribution in [1.82, 2.24) is 9.29 Å². The molecule has 1 heterocycles. The van der Waals surface area contributed by atoms with Crippen LogP contribution in [0.4, 0.5) is 0 Å². The molecule has 0 fully saturated rings. The van der Waals surface area contributed by atoms with Gasteiger partial charge in [0.05, 0.1) is 7.11 Å². The lowest BCUT2D eigenvalue weighted by molar-refractivity contribution is 0.0589. The molecule has 124 valence electrons. The minimum atomic E-state index is -3.75. The third kappa shape index (κ3) is 3.74. The van der Waals surface area contributed by atoms with E-state index in [9.17, 15) is 13.2 Å². The first-order valence-electron chi connectivity index (χ1n) is 6.75. The van der Waals surface area contributed by atoms with Crippen molar-refractivity contribution in [2.24, 2.45) is 7.05 Å². The lowest BCUT2D eigenvalue weighted by Gasteiger charge is -2.07. The van der Waals surface area contributed by atoms with Crippen molar-refractivity contribution in [3.05, 3.63) is 52.3 Å². The van der Waals surface area contributed by atoms with Gasteiger partial charge in [-0.1, -0.05) is 23.7 Å². The van der Waals surface area contributed by atoms with Crippen LogP contribution in [-0.2, 0) is 28.4 Å². The highest BCUT2D eigenvalue weighted by atomic mass is 35.5. The van der Waals surface area contributed by atoms with Crippen LogP contribution in [0.3, 0.4) is 0 Å². The summed E-state index contributed by atoms with van der Waals surface area (Å²) < 4.78 is 33.6. The van der Waals surface area contributed by atoms with Crippen LogP contribution in [0.2, 0.25) is 5.02 Å². The fourth-order valence-electron chi connectivity index (χ4n) is 2.10. The first kappa shape index (κ1) is 17.5. The van der Waals surface area contributed by atoms with Gasteiger partial charge in [0.15, 0.2) is 0 Å². The fourth-order valence-corrected chi connectivity index (χ4v) is 3.53. The second kappa shape index (κ2) is 6.74. The van der Waals surface area contributed by atoms with E-state index in [4.69, 9.17) is 11.6 Å². The second-order valence-corrected chi connectivity index (χ2v) is 7.15. The number of rotatable bonds is 5. The maximum atomic E-state index is 12.5. The highest BCUT2D eigenvalue weighted by Crippen LogP contribution is 2.20. The van der Waals surface area contributed by atoms with Gasteiger partial charge in [0, 0.05) is 24.3 Å². The Labute approximate surface area is 140 Å². The molecule has 2 rings (SSSR count). The van der Waals surface area contributed by atoms with Crippen LogP contribution in [0, 0.1) is 6.92 Å². The van der Waals surface area contributed by atoms with Crippen LogP contribution in [0.25, 0.3) is 0 Å². The van der Waals surface area contributed by atoms with E-state index in [1.54, 1.807) is 38.2 Å². The Morgan fingerprint density at radius 1 is 1.30 bits per heavy atom. The predicted octanol–water partition coefficient (Wildman–Crippen LogP) is 2.25. The number of esters is 1. The van der Waals surface area contributed by atoms with E-state index in [1.807, 2.05) is 0 Å². The van der Waals surface area contributed by atoms with Gasteiger partial charge in [-0.15, -0.1) is 0 Å². The van der Waals surface area contributed by atoms with E-state index in [1.165, 1.54) is 17.7 Å². The zero-order chi connectivity index (χ0) is 17.2. The van der Waals surface area contributed by atoms with Crippen LogP contribution in [0.1, 0.15) is 21.7 Å². The summed E-state index contributed by atoms with van der Waals surface area (Å²) in [6.45, 7) is 1.75. The summed E-state index contributed by atoms with van der Waals surface area (Å²) in [5.41, 5.74) is 1.41. The summed E-state index contributed by atoms with van der Waals surface area (Å²) in [7, 11) is -0.896. The van der Waals surface area contributed by atoms with Gasteiger partial charge in [-0.2, -0.15) is 0 Å². The Balaban J connectivity index is 2.26. The molecule has 0 saturated heterocycles. The topological polar surface area (TPSA) is 77.4 Å². The van der Waals surface area contributed by atoms with Crippen molar-refractivity contribution in [1.29, 1.82) is 0 Å². The lowest BCUT2D eigenvalue weighted by atomic mass is 10.2. The molecule has 6 nitrogen and oxygen atoms in total. The number of methoxy groups -OCH3 is 1. The normalized spacial score (nSPS) is 11.5. The molecule has 0 spiro atoms. The summed E-state index contributed by atoms with van der Waals surface area (Å²) in [4.78, 5) is 11.7. The van der Waals surface area contributed by atoms with Gasteiger partial charge in [0.25, 0.3) is 0 Å². The molecule has 1 aromatic carbocycles. The van der Waals surface area contributed by atoms with Crippen molar-refractivity contribution >= 4 is 27.6 Å². The molecule has 0 unspecified atom stereocenters. The molecule has 0 aliphatic carbocycles. The number of nitrogens with one attached hydrogen (secondary N) is 1. The summed E-state index contributed by atoms with van der Waals surface area (Å²) in [5, 5.41) is 0.582. The third-order valence-corrected chi connectivity index (χ3v) is 5.32. The van der Waals surface area contributed by atoms with Crippen LogP contribution < -0.4 is 4.72 Å². The minimum Gasteiger partial charge on any atom is -0.464 e. The number of halogens is 1. The smallest absolute Gasteiger partial charge is 0.354 e. The summed E-state index contributed by atoms with van der Waals surface area (Å²) in [6.07, 6.45) is 0. The molecule has 0 bridgehead atoms. The minimum absolute atomic E-state index is 0.0503. The zero-order valence-electron chi connectivity index (χ0n) is 13.0. The number of carbonyl (C=O) groups is 1. The summed E-state index contributed by atoms with van der Waals surface area (Å²) in [6, 6.07) is 8.17. The van der Waals surface area contributed by atoms with Gasteiger partial charge in [-0.3, -0.25) is 0 Å². The molecular formula is C15H17ClN2O4S. The van der Waals surface area contributed by atoms with Crippen molar-refractivity contribution < 1.29 is 17.9 Å². The molecule has 1 N–H and O–H groups in total. The Morgan fingerprint density at radius 3 is 2.48 bits per heavy atom. The molecule has 2 aromatic rings. The number of sulfonamides is 1. The zero-order valence-corrected chi connectivity index (χ0v) is 14.5. The Morgan fingerprint density at radius 2 is 1.91 bits per heavy atom. The van der Waals surface area contributed by atoms with Gasteiger partial charge in [-0.05, 0) is 30.7 Å². The SMILES string of the molecule is COC(=O)c1cc(S(=O)(=O)NCc2ccc(Cl)cc2)c(C)n1C. The number of hydrogen-bond donors (Lipinski definition) is 1. The van der Waals surface area contributed by atoms with Crippen LogP contribution >= 0.6 is 11.6 Å². The maximum absolute atomic E-state index is 12.5. The van der Waals surface area contributed by atoms with Crippen molar-refractivity contribution in [3.8, 4) is 0 Å². The first-order chi connectivity index (χ1) is 10.8. The lowest BCUT2D eigenvalue weighted by Crippen LogP contribution is -2.23. The highest BCUT2D eigenvalue weighted by Gasteiger charge is 2.24. The van der Waals surface area contributed by atoms with Crippen LogP contribution in [-0.4, -0.2) is 26.1 Å². The standard InChI is InChI=1S/C15H17ClN2O4S/c1-10-14(8-13(18(10)2)15(19)22-3)23(20,21)17-9-11-4-6-12(16)7-5-11/h4-8,17H,9H2,1-3H3. The molecule has 8 heteroatoms. The first-order valence-corrected chi connectivity index (χ1v) is 8.61. The molecule has 23 heavy (non-hydrogen) atoms. The predicted molar refractivity (Wildman–Crippen MR) is 87.0 cm³/mol. The molecule has 0 radical (unpaired) electrons. The third-order valence-electron chi connectivity index (χ3n) is 3.55. The van der Waals surface area contributed by atoms with Crippen LogP contribution in [0.5, 0.6) is 0 Å². The van der Waals surface area contributed by atoms with Gasteiger partial charge in [0.2, 0.25) is 10.0 Å². The molecule has 0 aliphatic rings. The average molecular weight is 357 g/mol. The molecular weight excluding hydrogens is 340 g/mol. The summed E-state index contributed by atoms with van der Waals surface area (Å²) >= 11 is 5.80. The van der Waals surface area contributed by atoms with Crippen molar-refractivity contribution in [3.63, 3.8) is 0 Å². The Kier molecular flexibility index (Phi) is 5.13. The fraction of sp³-hybridized carbons (Fsp3) is 0.267. The molecule has 0 amide bonds. The second-order valence-electron chi connectivity index (χ2n) is 4.98. The van der Waals surface area contributed by atoms with Gasteiger partial charge in [-0.25, -0.2) is 17.9 Å². The monoisotopic (exact) mass is 356 g/mol. The molecule has 0 atom stereocenters. The molecule has 0 aliphatic heterocycles. The van der Waals surface area contributed by atoms with E-state index in [-0.39, 0.29) is 17.1 Å². The number of aromatic nitrogens is 1. The molecule has 1 aromatic heterocycles. The van der Waals surface area contributed by atoms with E-state index < -0.39 is 16.0 Å². The highest BCUT2D eigenvalue weighted by molar-refractivity contribution is 7.89. The number of nitrogens with zero attached hydrogens (tertiary/aromatic N) is 1.